The zero-order valence-corrected chi connectivity index (χ0v) is 12.9. The van der Waals surface area contributed by atoms with Crippen LogP contribution in [0.25, 0.3) is 0 Å². The highest BCUT2D eigenvalue weighted by Crippen LogP contribution is 1.99. The summed E-state index contributed by atoms with van der Waals surface area (Å²) in [5, 5.41) is 3.52. The molecule has 4 heteroatoms. The van der Waals surface area contributed by atoms with E-state index < -0.39 is 0 Å². The average molecular weight is 260 g/mol. The molecule has 0 heterocycles. The first-order valence-corrected chi connectivity index (χ1v) is 6.95. The Balaban J connectivity index is 3.71. The van der Waals surface area contributed by atoms with Gasteiger partial charge in [0.15, 0.2) is 0 Å². The van der Waals surface area contributed by atoms with E-state index in [2.05, 4.69) is 31.0 Å². The highest BCUT2D eigenvalue weighted by Gasteiger charge is 2.09. The van der Waals surface area contributed by atoms with E-state index in [0.717, 1.165) is 45.8 Å². The van der Waals surface area contributed by atoms with Gasteiger partial charge in [0.25, 0.3) is 0 Å². The SMILES string of the molecule is COCCCN(CCCNC(C)(C)C)CCOC. The predicted molar refractivity (Wildman–Crippen MR) is 77.2 cm³/mol. The normalized spacial score (nSPS) is 12.3. The van der Waals surface area contributed by atoms with E-state index in [1.165, 1.54) is 6.42 Å². The summed E-state index contributed by atoms with van der Waals surface area (Å²) in [7, 11) is 3.52. The molecule has 0 atom stereocenters. The van der Waals surface area contributed by atoms with E-state index in [9.17, 15) is 0 Å². The first-order chi connectivity index (χ1) is 8.49. The van der Waals surface area contributed by atoms with Gasteiger partial charge in [-0.25, -0.2) is 0 Å². The van der Waals surface area contributed by atoms with Gasteiger partial charge in [-0.15, -0.1) is 0 Å². The number of hydrogen-bond donors (Lipinski definition) is 1. The fourth-order valence-corrected chi connectivity index (χ4v) is 1.75. The van der Waals surface area contributed by atoms with Crippen LogP contribution >= 0.6 is 0 Å². The molecule has 0 aliphatic rings. The molecule has 110 valence electrons. The van der Waals surface area contributed by atoms with E-state index in [0.29, 0.717) is 0 Å². The first kappa shape index (κ1) is 17.8. The summed E-state index contributed by atoms with van der Waals surface area (Å²) >= 11 is 0. The lowest BCUT2D eigenvalue weighted by molar-refractivity contribution is 0.131. The molecular weight excluding hydrogens is 228 g/mol. The molecule has 0 saturated carbocycles. The maximum atomic E-state index is 5.15. The monoisotopic (exact) mass is 260 g/mol. The van der Waals surface area contributed by atoms with E-state index in [-0.39, 0.29) is 5.54 Å². The summed E-state index contributed by atoms with van der Waals surface area (Å²) in [4.78, 5) is 2.45. The van der Waals surface area contributed by atoms with Crippen molar-refractivity contribution in [3.8, 4) is 0 Å². The zero-order valence-electron chi connectivity index (χ0n) is 12.9. The molecule has 0 unspecified atom stereocenters. The Kier molecular flexibility index (Phi) is 10.6. The van der Waals surface area contributed by atoms with Crippen molar-refractivity contribution < 1.29 is 9.47 Å². The van der Waals surface area contributed by atoms with Crippen molar-refractivity contribution in [2.45, 2.75) is 39.2 Å². The van der Waals surface area contributed by atoms with Crippen LogP contribution in [0.1, 0.15) is 33.6 Å². The molecule has 0 amide bonds. The summed E-state index contributed by atoms with van der Waals surface area (Å²) in [6.45, 7) is 12.5. The minimum Gasteiger partial charge on any atom is -0.385 e. The van der Waals surface area contributed by atoms with Crippen molar-refractivity contribution in [3.63, 3.8) is 0 Å². The molecule has 0 aromatic heterocycles. The topological polar surface area (TPSA) is 33.7 Å². The number of hydrogen-bond acceptors (Lipinski definition) is 4. The molecule has 0 saturated heterocycles. The quantitative estimate of drug-likeness (QED) is 0.574. The van der Waals surface area contributed by atoms with Crippen molar-refractivity contribution >= 4 is 0 Å². The van der Waals surface area contributed by atoms with Gasteiger partial charge in [-0.2, -0.15) is 0 Å². The van der Waals surface area contributed by atoms with Crippen molar-refractivity contribution in [1.82, 2.24) is 10.2 Å². The third-order valence-corrected chi connectivity index (χ3v) is 2.74. The molecule has 0 rings (SSSR count). The molecule has 0 aliphatic carbocycles. The molecule has 18 heavy (non-hydrogen) atoms. The van der Waals surface area contributed by atoms with Crippen LogP contribution in [0.2, 0.25) is 0 Å². The Morgan fingerprint density at radius 2 is 1.50 bits per heavy atom. The van der Waals surface area contributed by atoms with Crippen LogP contribution in [0.5, 0.6) is 0 Å². The maximum Gasteiger partial charge on any atom is 0.0589 e. The molecule has 0 fully saturated rings. The highest BCUT2D eigenvalue weighted by atomic mass is 16.5. The number of methoxy groups -OCH3 is 2. The van der Waals surface area contributed by atoms with Crippen LogP contribution in [0.3, 0.4) is 0 Å². The summed E-state index contributed by atoms with van der Waals surface area (Å²) in [6, 6.07) is 0. The smallest absolute Gasteiger partial charge is 0.0589 e. The zero-order chi connectivity index (χ0) is 13.9. The van der Waals surface area contributed by atoms with Crippen LogP contribution in [0.15, 0.2) is 0 Å². The van der Waals surface area contributed by atoms with E-state index >= 15 is 0 Å². The van der Waals surface area contributed by atoms with Crippen molar-refractivity contribution in [2.24, 2.45) is 0 Å². The number of ether oxygens (including phenoxy) is 2. The lowest BCUT2D eigenvalue weighted by Crippen LogP contribution is -2.38. The summed E-state index contributed by atoms with van der Waals surface area (Å²) in [5.41, 5.74) is 0.216. The molecule has 4 nitrogen and oxygen atoms in total. The van der Waals surface area contributed by atoms with Gasteiger partial charge in [0.2, 0.25) is 0 Å². The van der Waals surface area contributed by atoms with Gasteiger partial charge in [0.1, 0.15) is 0 Å². The Hall–Kier alpha value is -0.160. The Morgan fingerprint density at radius 1 is 0.889 bits per heavy atom. The van der Waals surface area contributed by atoms with E-state index in [4.69, 9.17) is 9.47 Å². The lowest BCUT2D eigenvalue weighted by atomic mass is 10.1. The number of rotatable bonds is 11. The van der Waals surface area contributed by atoms with Crippen LogP contribution in [-0.4, -0.2) is 64.1 Å². The number of nitrogens with zero attached hydrogens (tertiary/aromatic N) is 1. The fourth-order valence-electron chi connectivity index (χ4n) is 1.75. The van der Waals surface area contributed by atoms with Crippen molar-refractivity contribution in [3.05, 3.63) is 0 Å². The Morgan fingerprint density at radius 3 is 2.06 bits per heavy atom. The summed E-state index contributed by atoms with van der Waals surface area (Å²) < 4.78 is 10.2. The molecule has 0 aromatic rings. The van der Waals surface area contributed by atoms with Crippen LogP contribution in [-0.2, 0) is 9.47 Å². The second kappa shape index (κ2) is 10.7. The standard InChI is InChI=1S/C14H32N2O2/c1-14(2,3)15-8-6-9-16(11-13-18-5)10-7-12-17-4/h15H,6-13H2,1-5H3. The second-order valence-electron chi connectivity index (χ2n) is 5.71. The molecular formula is C14H32N2O2. The maximum absolute atomic E-state index is 5.15. The molecule has 1 N–H and O–H groups in total. The molecule has 0 aliphatic heterocycles. The highest BCUT2D eigenvalue weighted by molar-refractivity contribution is 4.70. The number of nitrogens with one attached hydrogen (secondary N) is 1. The Labute approximate surface area is 113 Å². The van der Waals surface area contributed by atoms with Gasteiger partial charge in [-0.3, -0.25) is 0 Å². The van der Waals surface area contributed by atoms with Crippen molar-refractivity contribution in [1.29, 1.82) is 0 Å². The minimum absolute atomic E-state index is 0.216. The van der Waals surface area contributed by atoms with Gasteiger partial charge in [-0.05, 0) is 46.7 Å². The third kappa shape index (κ3) is 12.3. The van der Waals surface area contributed by atoms with Gasteiger partial charge in [-0.1, -0.05) is 0 Å². The lowest BCUT2D eigenvalue weighted by Gasteiger charge is -2.24. The molecule has 0 bridgehead atoms. The summed E-state index contributed by atoms with van der Waals surface area (Å²) in [6.07, 6.45) is 2.26. The van der Waals surface area contributed by atoms with Crippen LogP contribution in [0, 0.1) is 0 Å². The largest absolute Gasteiger partial charge is 0.385 e. The molecule has 0 spiro atoms. The Bertz CT molecular complexity index is 181. The van der Waals surface area contributed by atoms with Gasteiger partial charge in [0.05, 0.1) is 6.61 Å². The van der Waals surface area contributed by atoms with Crippen molar-refractivity contribution in [2.75, 3.05) is 53.6 Å². The third-order valence-electron chi connectivity index (χ3n) is 2.74. The predicted octanol–water partition coefficient (Wildman–Crippen LogP) is 1.75. The fraction of sp³-hybridized carbons (Fsp3) is 1.00. The summed E-state index contributed by atoms with van der Waals surface area (Å²) in [5.74, 6) is 0. The van der Waals surface area contributed by atoms with Gasteiger partial charge in [0, 0.05) is 39.5 Å². The van der Waals surface area contributed by atoms with E-state index in [1.54, 1.807) is 14.2 Å². The molecule has 0 aromatic carbocycles. The van der Waals surface area contributed by atoms with Crippen LogP contribution in [0.4, 0.5) is 0 Å². The van der Waals surface area contributed by atoms with E-state index in [1.807, 2.05) is 0 Å². The van der Waals surface area contributed by atoms with Crippen LogP contribution < -0.4 is 5.32 Å². The molecule has 0 radical (unpaired) electrons. The first-order valence-electron chi connectivity index (χ1n) is 6.95. The van der Waals surface area contributed by atoms with Gasteiger partial charge >= 0.3 is 0 Å². The average Bonchev–Trinajstić information content (AvgIpc) is 2.29. The second-order valence-corrected chi connectivity index (χ2v) is 5.71. The van der Waals surface area contributed by atoms with Gasteiger partial charge < -0.3 is 19.7 Å². The minimum atomic E-state index is 0.216.